The van der Waals surface area contributed by atoms with Crippen LogP contribution in [0.5, 0.6) is 46.0 Å². The molecule has 208 valence electrons. The number of methoxy groups -OCH3 is 8. The number of fused-ring (bicyclic) bond motifs is 4. The van der Waals surface area contributed by atoms with Crippen molar-refractivity contribution in [3.63, 3.8) is 0 Å². The van der Waals surface area contributed by atoms with Gasteiger partial charge in [0.05, 0.1) is 56.9 Å². The van der Waals surface area contributed by atoms with E-state index in [4.69, 9.17) is 37.9 Å². The molecule has 0 saturated heterocycles. The van der Waals surface area contributed by atoms with Gasteiger partial charge in [0.1, 0.15) is 46.0 Å². The molecule has 0 N–H and O–H groups in total. The molecule has 0 fully saturated rings. The van der Waals surface area contributed by atoms with Gasteiger partial charge in [-0.25, -0.2) is 0 Å². The Bertz CT molecular complexity index is 1520. The van der Waals surface area contributed by atoms with Gasteiger partial charge in [0.15, 0.2) is 0 Å². The second-order valence-electron chi connectivity index (χ2n) is 8.88. The number of hydrogen-bond donors (Lipinski definition) is 0. The molecular formula is C32H32O8. The maximum Gasteiger partial charge on any atom is 0.127 e. The second kappa shape index (κ2) is 10.8. The highest BCUT2D eigenvalue weighted by Gasteiger charge is 2.20. The van der Waals surface area contributed by atoms with Crippen molar-refractivity contribution < 1.29 is 37.9 Å². The van der Waals surface area contributed by atoms with E-state index in [-0.39, 0.29) is 0 Å². The fourth-order valence-electron chi connectivity index (χ4n) is 5.60. The van der Waals surface area contributed by atoms with E-state index in [2.05, 4.69) is 0 Å². The minimum Gasteiger partial charge on any atom is -0.496 e. The third kappa shape index (κ3) is 3.82. The molecule has 0 unspecified atom stereocenters. The average Bonchev–Trinajstić information content (AvgIpc) is 3.00. The van der Waals surface area contributed by atoms with Gasteiger partial charge in [0.2, 0.25) is 0 Å². The van der Waals surface area contributed by atoms with Gasteiger partial charge < -0.3 is 37.9 Å². The highest BCUT2D eigenvalue weighted by Crippen LogP contribution is 2.38. The van der Waals surface area contributed by atoms with Gasteiger partial charge in [0.25, 0.3) is 0 Å². The second-order valence-corrected chi connectivity index (χ2v) is 8.88. The van der Waals surface area contributed by atoms with Crippen molar-refractivity contribution in [1.82, 2.24) is 0 Å². The smallest absolute Gasteiger partial charge is 0.127 e. The lowest BCUT2D eigenvalue weighted by Crippen LogP contribution is -2.03. The number of ether oxygens (including phenoxy) is 8. The quantitative estimate of drug-likeness (QED) is 0.263. The van der Waals surface area contributed by atoms with Gasteiger partial charge >= 0.3 is 0 Å². The van der Waals surface area contributed by atoms with Crippen LogP contribution in [0.4, 0.5) is 0 Å². The molecule has 4 aromatic rings. The predicted molar refractivity (Wildman–Crippen MR) is 149 cm³/mol. The minimum atomic E-state index is 0.602. The summed E-state index contributed by atoms with van der Waals surface area (Å²) in [7, 11) is 13.1. The van der Waals surface area contributed by atoms with E-state index in [9.17, 15) is 0 Å². The molecule has 1 aliphatic carbocycles. The molecular weight excluding hydrogens is 512 g/mol. The number of benzene rings is 4. The van der Waals surface area contributed by atoms with Gasteiger partial charge in [-0.1, -0.05) is 0 Å². The molecule has 5 rings (SSSR count). The summed E-state index contributed by atoms with van der Waals surface area (Å²) in [6, 6.07) is 15.0. The molecule has 8 heteroatoms. The first-order valence-electron chi connectivity index (χ1n) is 12.5. The maximum atomic E-state index is 5.99. The van der Waals surface area contributed by atoms with E-state index < -0.39 is 0 Å². The Hall–Kier alpha value is -4.72. The van der Waals surface area contributed by atoms with E-state index >= 15 is 0 Å². The minimum absolute atomic E-state index is 0.602. The summed E-state index contributed by atoms with van der Waals surface area (Å²) in [5, 5.41) is 5.86. The van der Waals surface area contributed by atoms with Crippen LogP contribution < -0.4 is 37.9 Å². The average molecular weight is 545 g/mol. The normalized spacial score (nSPS) is 14.6. The zero-order valence-corrected chi connectivity index (χ0v) is 23.9. The van der Waals surface area contributed by atoms with Crippen molar-refractivity contribution in [3.05, 3.63) is 90.3 Å². The van der Waals surface area contributed by atoms with Crippen molar-refractivity contribution >= 4 is 0 Å². The Morgan fingerprint density at radius 1 is 0.225 bits per heavy atom. The van der Waals surface area contributed by atoms with Crippen LogP contribution in [0.15, 0.2) is 48.5 Å². The molecule has 40 heavy (non-hydrogen) atoms. The molecule has 0 spiro atoms. The first-order valence-corrected chi connectivity index (χ1v) is 12.5. The Kier molecular flexibility index (Phi) is 7.26. The highest BCUT2D eigenvalue weighted by molar-refractivity contribution is 5.53. The fourth-order valence-corrected chi connectivity index (χ4v) is 5.60. The first kappa shape index (κ1) is 26.9. The van der Waals surface area contributed by atoms with Crippen LogP contribution in [0.2, 0.25) is 0 Å². The molecule has 0 aromatic heterocycles. The van der Waals surface area contributed by atoms with Crippen LogP contribution in [0.25, 0.3) is 0 Å². The molecule has 8 nitrogen and oxygen atoms in total. The molecule has 0 bridgehead atoms. The summed E-state index contributed by atoms with van der Waals surface area (Å²) in [5.41, 5.74) is 0. The van der Waals surface area contributed by atoms with Crippen molar-refractivity contribution in [2.75, 3.05) is 56.9 Å². The summed E-state index contributed by atoms with van der Waals surface area (Å²) in [6.45, 7) is 0. The lowest BCUT2D eigenvalue weighted by Gasteiger charge is -2.16. The van der Waals surface area contributed by atoms with Gasteiger partial charge in [-0.2, -0.15) is 0 Å². The molecule has 1 aliphatic rings. The fraction of sp³-hybridized carbons (Fsp3) is 0.250. The molecule has 0 amide bonds. The Morgan fingerprint density at radius 2 is 0.325 bits per heavy atom. The Labute approximate surface area is 231 Å². The van der Waals surface area contributed by atoms with Crippen LogP contribution in [0, 0.1) is 41.7 Å². The van der Waals surface area contributed by atoms with E-state index in [1.54, 1.807) is 56.9 Å². The first-order chi connectivity index (χ1) is 19.5. The SMILES string of the molecule is COc1ccc(OC)c2/c1=c1/c(OC)ccc(OC)/c1=c1\c(OC)ccc(OC)\c1=c1/c(OC)ccc(OC)/c1=2. The third-order valence-corrected chi connectivity index (χ3v) is 7.27. The van der Waals surface area contributed by atoms with Crippen molar-refractivity contribution in [3.8, 4) is 46.0 Å². The highest BCUT2D eigenvalue weighted by atomic mass is 16.5. The number of rotatable bonds is 8. The van der Waals surface area contributed by atoms with Crippen LogP contribution in [0.1, 0.15) is 0 Å². The van der Waals surface area contributed by atoms with E-state index in [1.165, 1.54) is 0 Å². The summed E-state index contributed by atoms with van der Waals surface area (Å²) in [5.74, 6) is 4.81. The van der Waals surface area contributed by atoms with E-state index in [0.717, 1.165) is 41.7 Å². The lowest BCUT2D eigenvalue weighted by atomic mass is 9.98. The maximum absolute atomic E-state index is 5.99. The Morgan fingerprint density at radius 3 is 0.400 bits per heavy atom. The van der Waals surface area contributed by atoms with Crippen LogP contribution in [-0.2, 0) is 0 Å². The molecule has 0 radical (unpaired) electrons. The lowest BCUT2D eigenvalue weighted by molar-refractivity contribution is 0.384. The summed E-state index contributed by atoms with van der Waals surface area (Å²) in [6.07, 6.45) is 0. The summed E-state index contributed by atoms with van der Waals surface area (Å²) >= 11 is 0. The molecule has 0 saturated carbocycles. The molecule has 0 heterocycles. The van der Waals surface area contributed by atoms with Gasteiger partial charge in [-0.05, 0) is 48.5 Å². The van der Waals surface area contributed by atoms with Crippen LogP contribution >= 0.6 is 0 Å². The van der Waals surface area contributed by atoms with Gasteiger partial charge in [-0.3, -0.25) is 0 Å². The molecule has 0 aliphatic heterocycles. The van der Waals surface area contributed by atoms with Crippen LogP contribution in [-0.4, -0.2) is 56.9 Å². The monoisotopic (exact) mass is 544 g/mol. The summed E-state index contributed by atoms with van der Waals surface area (Å²) in [4.78, 5) is 0. The molecule has 0 atom stereocenters. The topological polar surface area (TPSA) is 73.8 Å². The van der Waals surface area contributed by atoms with Crippen molar-refractivity contribution in [2.24, 2.45) is 0 Å². The molecule has 4 aromatic carbocycles. The summed E-state index contributed by atoms with van der Waals surface area (Å²) < 4.78 is 47.9. The zero-order chi connectivity index (χ0) is 28.6. The van der Waals surface area contributed by atoms with Gasteiger partial charge in [0, 0.05) is 41.7 Å². The van der Waals surface area contributed by atoms with E-state index in [0.29, 0.717) is 46.0 Å². The van der Waals surface area contributed by atoms with Crippen molar-refractivity contribution in [2.45, 2.75) is 0 Å². The standard InChI is InChI=1S/C32H32O8/c1-33-17-9-10-18(34-2)26-25(17)27-19(35-3)11-12-20(36-4)29(27)31-23(39-7)15-16-24(40-8)32(31)30-22(38-6)14-13-21(37-5)28(26)30/h9-16H,1-8H3/b27-25-,28-26-,31-29-,32-30-. The van der Waals surface area contributed by atoms with Crippen LogP contribution in [0.3, 0.4) is 0 Å². The zero-order valence-electron chi connectivity index (χ0n) is 23.9. The predicted octanol–water partition coefficient (Wildman–Crippen LogP) is 5.22. The van der Waals surface area contributed by atoms with Crippen molar-refractivity contribution in [1.29, 1.82) is 0 Å². The Balaban J connectivity index is 2.61. The van der Waals surface area contributed by atoms with Gasteiger partial charge in [-0.15, -0.1) is 0 Å². The third-order valence-electron chi connectivity index (χ3n) is 7.27. The number of hydrogen-bond acceptors (Lipinski definition) is 8. The van der Waals surface area contributed by atoms with E-state index in [1.807, 2.05) is 48.5 Å². The largest absolute Gasteiger partial charge is 0.496 e.